The Bertz CT molecular complexity index is 748. The van der Waals surface area contributed by atoms with E-state index in [9.17, 15) is 14.7 Å². The maximum absolute atomic E-state index is 12.0. The van der Waals surface area contributed by atoms with Crippen molar-refractivity contribution in [1.29, 1.82) is 0 Å². The molecular weight excluding hydrogens is 272 g/mol. The standard InChI is InChI=1S/C10H12N4O4S/c1-3-2-4(15)8(18-3)14-6-5(19-10(14)17)7(16)13-9(11)12-6/h3-4,8,15H,2H2,1H3,(H3,11,12,13,16)/t3-,4-,8-/m1/s1. The number of anilines is 1. The number of nitrogens with zero attached hydrogens (tertiary/aromatic N) is 2. The average molecular weight is 284 g/mol. The highest BCUT2D eigenvalue weighted by molar-refractivity contribution is 7.16. The molecule has 102 valence electrons. The highest BCUT2D eigenvalue weighted by atomic mass is 32.1. The predicted octanol–water partition coefficient (Wildman–Crippen LogP) is -0.603. The molecule has 3 atom stereocenters. The zero-order valence-electron chi connectivity index (χ0n) is 9.99. The van der Waals surface area contributed by atoms with Crippen LogP contribution in [0.4, 0.5) is 5.95 Å². The molecule has 3 heterocycles. The minimum absolute atomic E-state index is 0.0791. The fraction of sp³-hybridized carbons (Fsp3) is 0.500. The number of ether oxygens (including phenoxy) is 1. The van der Waals surface area contributed by atoms with Crippen LogP contribution in [0, 0.1) is 0 Å². The number of nitrogens with one attached hydrogen (secondary N) is 1. The summed E-state index contributed by atoms with van der Waals surface area (Å²) in [6.45, 7) is 1.81. The number of thiazole rings is 1. The summed E-state index contributed by atoms with van der Waals surface area (Å²) >= 11 is 0.759. The second-order valence-electron chi connectivity index (χ2n) is 4.48. The first-order chi connectivity index (χ1) is 8.97. The van der Waals surface area contributed by atoms with Gasteiger partial charge in [0, 0.05) is 6.42 Å². The molecular formula is C10H12N4O4S. The van der Waals surface area contributed by atoms with E-state index in [1.807, 2.05) is 6.92 Å². The van der Waals surface area contributed by atoms with E-state index in [1.54, 1.807) is 0 Å². The number of hydrogen-bond donors (Lipinski definition) is 3. The van der Waals surface area contributed by atoms with Gasteiger partial charge in [0.25, 0.3) is 5.56 Å². The number of fused-ring (bicyclic) bond motifs is 1. The van der Waals surface area contributed by atoms with Crippen molar-refractivity contribution >= 4 is 27.6 Å². The van der Waals surface area contributed by atoms with Gasteiger partial charge in [-0.2, -0.15) is 4.98 Å². The van der Waals surface area contributed by atoms with Crippen LogP contribution in [0.3, 0.4) is 0 Å². The van der Waals surface area contributed by atoms with Crippen LogP contribution >= 0.6 is 11.3 Å². The van der Waals surface area contributed by atoms with E-state index < -0.39 is 22.8 Å². The smallest absolute Gasteiger partial charge is 0.311 e. The second-order valence-corrected chi connectivity index (χ2v) is 5.44. The number of hydrogen-bond acceptors (Lipinski definition) is 7. The van der Waals surface area contributed by atoms with Gasteiger partial charge in [0.1, 0.15) is 16.5 Å². The molecule has 0 amide bonds. The molecule has 1 aliphatic rings. The number of aromatic amines is 1. The fourth-order valence-corrected chi connectivity index (χ4v) is 3.11. The topological polar surface area (TPSA) is 123 Å². The van der Waals surface area contributed by atoms with Gasteiger partial charge in [-0.1, -0.05) is 11.3 Å². The van der Waals surface area contributed by atoms with E-state index in [-0.39, 0.29) is 22.4 Å². The van der Waals surface area contributed by atoms with Gasteiger partial charge in [0.05, 0.1) is 6.10 Å². The summed E-state index contributed by atoms with van der Waals surface area (Å²) in [6, 6.07) is 0. The number of rotatable bonds is 1. The molecule has 1 saturated heterocycles. The van der Waals surface area contributed by atoms with Crippen LogP contribution in [-0.4, -0.2) is 31.8 Å². The number of aliphatic hydroxyl groups excluding tert-OH is 1. The van der Waals surface area contributed by atoms with E-state index in [0.29, 0.717) is 6.42 Å². The minimum atomic E-state index is -0.811. The van der Waals surface area contributed by atoms with Crippen LogP contribution in [0.25, 0.3) is 10.3 Å². The fourth-order valence-electron chi connectivity index (χ4n) is 2.26. The maximum Gasteiger partial charge on any atom is 0.311 e. The third-order valence-electron chi connectivity index (χ3n) is 3.03. The molecule has 0 spiro atoms. The number of aliphatic hydroxyl groups is 1. The Kier molecular flexibility index (Phi) is 2.69. The SMILES string of the molecule is C[C@@H]1C[C@@H](O)[C@H](n2c(=O)sc3c(=O)nc(N)[nH]c32)O1. The Hall–Kier alpha value is -1.71. The van der Waals surface area contributed by atoms with E-state index in [4.69, 9.17) is 10.5 Å². The van der Waals surface area contributed by atoms with Gasteiger partial charge in [-0.25, -0.2) is 0 Å². The lowest BCUT2D eigenvalue weighted by molar-refractivity contribution is -0.0307. The van der Waals surface area contributed by atoms with Gasteiger partial charge in [-0.3, -0.25) is 14.2 Å². The van der Waals surface area contributed by atoms with Crippen LogP contribution < -0.4 is 16.2 Å². The largest absolute Gasteiger partial charge is 0.388 e. The molecule has 4 N–H and O–H groups in total. The first-order valence-electron chi connectivity index (χ1n) is 5.71. The molecule has 9 heteroatoms. The summed E-state index contributed by atoms with van der Waals surface area (Å²) in [5, 5.41) is 9.93. The van der Waals surface area contributed by atoms with Crippen LogP contribution in [0.1, 0.15) is 19.6 Å². The molecule has 0 aromatic carbocycles. The van der Waals surface area contributed by atoms with Crippen LogP contribution in [0.5, 0.6) is 0 Å². The molecule has 0 aliphatic carbocycles. The molecule has 0 radical (unpaired) electrons. The molecule has 0 saturated carbocycles. The highest BCUT2D eigenvalue weighted by Gasteiger charge is 2.35. The van der Waals surface area contributed by atoms with Crippen molar-refractivity contribution in [3.63, 3.8) is 0 Å². The van der Waals surface area contributed by atoms with E-state index in [0.717, 1.165) is 11.3 Å². The quantitative estimate of drug-likeness (QED) is 0.642. The predicted molar refractivity (Wildman–Crippen MR) is 69.1 cm³/mol. The number of aromatic nitrogens is 3. The number of nitrogens with two attached hydrogens (primary N) is 1. The highest BCUT2D eigenvalue weighted by Crippen LogP contribution is 2.30. The molecule has 2 aromatic rings. The molecule has 0 bridgehead atoms. The average Bonchev–Trinajstić information content (AvgIpc) is 2.78. The lowest BCUT2D eigenvalue weighted by Gasteiger charge is -2.15. The summed E-state index contributed by atoms with van der Waals surface area (Å²) in [5.74, 6) is -0.0791. The van der Waals surface area contributed by atoms with Crippen molar-refractivity contribution in [3.8, 4) is 0 Å². The summed E-state index contributed by atoms with van der Waals surface area (Å²) in [4.78, 5) is 29.5. The normalized spacial score (nSPS) is 27.2. The Balaban J connectivity index is 2.27. The van der Waals surface area contributed by atoms with Crippen molar-refractivity contribution in [2.24, 2.45) is 0 Å². The first-order valence-corrected chi connectivity index (χ1v) is 6.53. The van der Waals surface area contributed by atoms with Gasteiger partial charge in [-0.15, -0.1) is 0 Å². The minimum Gasteiger partial charge on any atom is -0.388 e. The Morgan fingerprint density at radius 3 is 2.95 bits per heavy atom. The van der Waals surface area contributed by atoms with Crippen molar-refractivity contribution in [1.82, 2.24) is 14.5 Å². The van der Waals surface area contributed by atoms with Crippen molar-refractivity contribution in [3.05, 3.63) is 20.0 Å². The van der Waals surface area contributed by atoms with E-state index in [2.05, 4.69) is 9.97 Å². The van der Waals surface area contributed by atoms with Gasteiger partial charge in [0.15, 0.2) is 6.23 Å². The zero-order valence-corrected chi connectivity index (χ0v) is 10.8. The van der Waals surface area contributed by atoms with Crippen LogP contribution in [-0.2, 0) is 4.74 Å². The van der Waals surface area contributed by atoms with E-state index in [1.165, 1.54) is 4.57 Å². The lowest BCUT2D eigenvalue weighted by atomic mass is 10.2. The molecule has 2 aromatic heterocycles. The van der Waals surface area contributed by atoms with Crippen molar-refractivity contribution in [2.45, 2.75) is 31.8 Å². The molecule has 0 unspecified atom stereocenters. The summed E-state index contributed by atoms with van der Waals surface area (Å²) in [6.07, 6.45) is -1.34. The van der Waals surface area contributed by atoms with Crippen LogP contribution in [0.15, 0.2) is 9.59 Å². The summed E-state index contributed by atoms with van der Waals surface area (Å²) in [5.41, 5.74) is 5.16. The maximum atomic E-state index is 12.0. The molecule has 3 rings (SSSR count). The molecule has 8 nitrogen and oxygen atoms in total. The third-order valence-corrected chi connectivity index (χ3v) is 3.98. The van der Waals surface area contributed by atoms with Gasteiger partial charge in [0.2, 0.25) is 5.95 Å². The monoisotopic (exact) mass is 284 g/mol. The zero-order chi connectivity index (χ0) is 13.7. The first kappa shape index (κ1) is 12.3. The second kappa shape index (κ2) is 4.15. The Morgan fingerprint density at radius 1 is 1.58 bits per heavy atom. The van der Waals surface area contributed by atoms with Gasteiger partial charge >= 0.3 is 4.87 Å². The number of H-pyrrole nitrogens is 1. The number of nitrogen functional groups attached to an aromatic ring is 1. The van der Waals surface area contributed by atoms with Crippen molar-refractivity contribution in [2.75, 3.05) is 5.73 Å². The molecule has 1 fully saturated rings. The Labute approximate surface area is 110 Å². The van der Waals surface area contributed by atoms with Gasteiger partial charge in [-0.05, 0) is 6.92 Å². The summed E-state index contributed by atoms with van der Waals surface area (Å²) < 4.78 is 6.93. The van der Waals surface area contributed by atoms with E-state index >= 15 is 0 Å². The van der Waals surface area contributed by atoms with Crippen molar-refractivity contribution < 1.29 is 9.84 Å². The summed E-state index contributed by atoms with van der Waals surface area (Å²) in [7, 11) is 0. The Morgan fingerprint density at radius 2 is 2.32 bits per heavy atom. The third kappa shape index (κ3) is 1.86. The lowest BCUT2D eigenvalue weighted by Crippen LogP contribution is -2.27. The molecule has 19 heavy (non-hydrogen) atoms. The van der Waals surface area contributed by atoms with Gasteiger partial charge < -0.3 is 20.6 Å². The molecule has 1 aliphatic heterocycles. The van der Waals surface area contributed by atoms with Crippen LogP contribution in [0.2, 0.25) is 0 Å².